The first kappa shape index (κ1) is 23.9. The van der Waals surface area contributed by atoms with Crippen LogP contribution in [0.3, 0.4) is 0 Å². The standard InChI is InChI=1S/C22H15Cl5N4O2/c23-12-7-11(8-13(24)9-12)18-19(22(18,26)27)21(33)29-14-4-5-16(25)15(10-14)20(32)31-30-17-3-1-2-6-28-17/h1-10,18-19H,(H,28,30)(H,29,33)(H,31,32). The molecular weight excluding hydrogens is 530 g/mol. The number of hydrogen-bond donors (Lipinski definition) is 3. The number of aromatic nitrogens is 1. The van der Waals surface area contributed by atoms with Gasteiger partial charge in [-0.2, -0.15) is 0 Å². The summed E-state index contributed by atoms with van der Waals surface area (Å²) in [6.07, 6.45) is 1.58. The number of alkyl halides is 2. The summed E-state index contributed by atoms with van der Waals surface area (Å²) in [7, 11) is 0. The molecule has 0 radical (unpaired) electrons. The number of amides is 2. The van der Waals surface area contributed by atoms with Crippen LogP contribution in [0.15, 0.2) is 60.8 Å². The van der Waals surface area contributed by atoms with Gasteiger partial charge in [0.1, 0.15) is 10.2 Å². The molecule has 2 atom stereocenters. The van der Waals surface area contributed by atoms with Crippen LogP contribution in [0.25, 0.3) is 0 Å². The van der Waals surface area contributed by atoms with E-state index in [0.717, 1.165) is 0 Å². The quantitative estimate of drug-likeness (QED) is 0.250. The molecule has 0 saturated heterocycles. The molecule has 1 fully saturated rings. The van der Waals surface area contributed by atoms with Crippen LogP contribution in [0.2, 0.25) is 15.1 Å². The average molecular weight is 545 g/mol. The maximum absolute atomic E-state index is 12.9. The average Bonchev–Trinajstić information content (AvgIpc) is 3.35. The number of carbonyl (C=O) groups excluding carboxylic acids is 2. The van der Waals surface area contributed by atoms with Crippen molar-refractivity contribution in [2.75, 3.05) is 10.7 Å². The smallest absolute Gasteiger partial charge is 0.271 e. The fourth-order valence-corrected chi connectivity index (χ4v) is 5.02. The van der Waals surface area contributed by atoms with Crippen LogP contribution in [0, 0.1) is 5.92 Å². The summed E-state index contributed by atoms with van der Waals surface area (Å²) in [5.41, 5.74) is 6.36. The Hall–Kier alpha value is -2.22. The topological polar surface area (TPSA) is 83.1 Å². The second-order valence-corrected chi connectivity index (χ2v) is 10.0. The van der Waals surface area contributed by atoms with Crippen molar-refractivity contribution in [3.8, 4) is 0 Å². The third-order valence-electron chi connectivity index (χ3n) is 5.03. The summed E-state index contributed by atoms with van der Waals surface area (Å²) >= 11 is 31.1. The van der Waals surface area contributed by atoms with Crippen molar-refractivity contribution < 1.29 is 9.59 Å². The number of hydrogen-bond acceptors (Lipinski definition) is 4. The fraction of sp³-hybridized carbons (Fsp3) is 0.136. The number of rotatable bonds is 6. The van der Waals surface area contributed by atoms with E-state index in [4.69, 9.17) is 58.0 Å². The number of nitrogens with zero attached hydrogens (tertiary/aromatic N) is 1. The minimum absolute atomic E-state index is 0.148. The SMILES string of the molecule is O=C(NNc1ccccn1)c1cc(NC(=O)C2C(c3cc(Cl)cc(Cl)c3)C2(Cl)Cl)ccc1Cl. The Balaban J connectivity index is 1.46. The first-order valence-electron chi connectivity index (χ1n) is 9.58. The number of benzene rings is 2. The van der Waals surface area contributed by atoms with Gasteiger partial charge in [0, 0.05) is 27.8 Å². The number of anilines is 2. The molecule has 2 amide bonds. The second-order valence-electron chi connectivity index (χ2n) is 7.31. The first-order chi connectivity index (χ1) is 15.7. The number of nitrogens with one attached hydrogen (secondary N) is 3. The van der Waals surface area contributed by atoms with E-state index in [-0.39, 0.29) is 10.6 Å². The zero-order valence-electron chi connectivity index (χ0n) is 16.6. The highest BCUT2D eigenvalue weighted by Gasteiger charge is 2.67. The molecule has 0 aliphatic heterocycles. The van der Waals surface area contributed by atoms with Crippen molar-refractivity contribution in [3.63, 3.8) is 0 Å². The first-order valence-corrected chi connectivity index (χ1v) is 11.5. The van der Waals surface area contributed by atoms with Crippen LogP contribution in [-0.2, 0) is 4.79 Å². The molecule has 0 spiro atoms. The molecule has 11 heteroatoms. The molecule has 4 rings (SSSR count). The van der Waals surface area contributed by atoms with Crippen molar-refractivity contribution >= 4 is 81.3 Å². The van der Waals surface area contributed by atoms with E-state index in [9.17, 15) is 9.59 Å². The van der Waals surface area contributed by atoms with Gasteiger partial charge in [-0.15, -0.1) is 23.2 Å². The molecule has 3 aromatic rings. The van der Waals surface area contributed by atoms with Gasteiger partial charge in [-0.05, 0) is 54.1 Å². The van der Waals surface area contributed by atoms with E-state index in [1.165, 1.54) is 12.1 Å². The van der Waals surface area contributed by atoms with Crippen molar-refractivity contribution in [1.29, 1.82) is 0 Å². The highest BCUT2D eigenvalue weighted by Crippen LogP contribution is 2.65. The molecule has 1 aliphatic carbocycles. The summed E-state index contributed by atoms with van der Waals surface area (Å²) < 4.78 is -1.32. The van der Waals surface area contributed by atoms with Crippen LogP contribution in [0.5, 0.6) is 0 Å². The predicted octanol–water partition coefficient (Wildman–Crippen LogP) is 6.32. The lowest BCUT2D eigenvalue weighted by Gasteiger charge is -2.11. The molecule has 3 N–H and O–H groups in total. The highest BCUT2D eigenvalue weighted by molar-refractivity contribution is 6.53. The monoisotopic (exact) mass is 542 g/mol. The normalized spacial score (nSPS) is 18.3. The van der Waals surface area contributed by atoms with Crippen LogP contribution in [0.1, 0.15) is 21.8 Å². The number of halogens is 5. The van der Waals surface area contributed by atoms with E-state index in [2.05, 4.69) is 21.2 Å². The Labute approximate surface area is 214 Å². The lowest BCUT2D eigenvalue weighted by atomic mass is 10.1. The maximum Gasteiger partial charge on any atom is 0.271 e. The Morgan fingerprint density at radius 3 is 2.33 bits per heavy atom. The largest absolute Gasteiger partial charge is 0.326 e. The second kappa shape index (κ2) is 9.57. The van der Waals surface area contributed by atoms with Gasteiger partial charge in [0.05, 0.1) is 16.5 Å². The molecule has 1 aliphatic rings. The van der Waals surface area contributed by atoms with Gasteiger partial charge >= 0.3 is 0 Å². The molecule has 6 nitrogen and oxygen atoms in total. The molecule has 1 heterocycles. The minimum atomic E-state index is -1.32. The van der Waals surface area contributed by atoms with E-state index in [1.54, 1.807) is 48.7 Å². The fourth-order valence-electron chi connectivity index (χ4n) is 3.44. The van der Waals surface area contributed by atoms with E-state index in [0.29, 0.717) is 27.1 Å². The molecule has 170 valence electrons. The Morgan fingerprint density at radius 2 is 1.67 bits per heavy atom. The van der Waals surface area contributed by atoms with Crippen molar-refractivity contribution in [2.24, 2.45) is 5.92 Å². The molecule has 1 saturated carbocycles. The van der Waals surface area contributed by atoms with Crippen molar-refractivity contribution in [2.45, 2.75) is 10.3 Å². The summed E-state index contributed by atoms with van der Waals surface area (Å²) in [4.78, 5) is 29.5. The van der Waals surface area contributed by atoms with E-state index in [1.807, 2.05) is 0 Å². The number of carbonyl (C=O) groups is 2. The molecule has 33 heavy (non-hydrogen) atoms. The van der Waals surface area contributed by atoms with Crippen LogP contribution in [-0.4, -0.2) is 21.1 Å². The third-order valence-corrected chi connectivity index (χ3v) is 6.73. The molecule has 2 aromatic carbocycles. The summed E-state index contributed by atoms with van der Waals surface area (Å²) in [6, 6.07) is 14.6. The molecule has 2 unspecified atom stereocenters. The van der Waals surface area contributed by atoms with Crippen LogP contribution in [0.4, 0.5) is 11.5 Å². The minimum Gasteiger partial charge on any atom is -0.326 e. The maximum atomic E-state index is 12.9. The van der Waals surface area contributed by atoms with E-state index >= 15 is 0 Å². The van der Waals surface area contributed by atoms with Gasteiger partial charge in [-0.3, -0.25) is 20.4 Å². The zero-order chi connectivity index (χ0) is 23.8. The Kier molecular flexibility index (Phi) is 6.93. The lowest BCUT2D eigenvalue weighted by Crippen LogP contribution is -2.30. The van der Waals surface area contributed by atoms with Gasteiger partial charge < -0.3 is 5.32 Å². The van der Waals surface area contributed by atoms with Crippen LogP contribution < -0.4 is 16.2 Å². The van der Waals surface area contributed by atoms with Gasteiger partial charge in [-0.1, -0.05) is 40.9 Å². The summed E-state index contributed by atoms with van der Waals surface area (Å²) in [5.74, 6) is -1.71. The Morgan fingerprint density at radius 1 is 0.939 bits per heavy atom. The summed E-state index contributed by atoms with van der Waals surface area (Å²) in [6.45, 7) is 0. The third kappa shape index (κ3) is 5.31. The predicted molar refractivity (Wildman–Crippen MR) is 133 cm³/mol. The number of hydrazine groups is 1. The zero-order valence-corrected chi connectivity index (χ0v) is 20.4. The van der Waals surface area contributed by atoms with E-state index < -0.39 is 28.0 Å². The van der Waals surface area contributed by atoms with Gasteiger partial charge in [0.25, 0.3) is 5.91 Å². The highest BCUT2D eigenvalue weighted by atomic mass is 35.5. The van der Waals surface area contributed by atoms with Gasteiger partial charge in [-0.25, -0.2) is 4.98 Å². The summed E-state index contributed by atoms with van der Waals surface area (Å²) in [5, 5.41) is 3.78. The van der Waals surface area contributed by atoms with Gasteiger partial charge in [0.2, 0.25) is 5.91 Å². The van der Waals surface area contributed by atoms with Gasteiger partial charge in [0.15, 0.2) is 0 Å². The van der Waals surface area contributed by atoms with Crippen LogP contribution >= 0.6 is 58.0 Å². The molecular formula is C22H15Cl5N4O2. The van der Waals surface area contributed by atoms with Crippen molar-refractivity contribution in [3.05, 3.63) is 87.0 Å². The molecule has 0 bridgehead atoms. The van der Waals surface area contributed by atoms with Crippen molar-refractivity contribution in [1.82, 2.24) is 10.4 Å². The lowest BCUT2D eigenvalue weighted by molar-refractivity contribution is -0.117. The molecule has 1 aromatic heterocycles. The Bertz CT molecular complexity index is 1200. The number of pyridine rings is 1.